The minimum absolute atomic E-state index is 0.761. The van der Waals surface area contributed by atoms with Crippen molar-refractivity contribution in [3.05, 3.63) is 41.3 Å². The van der Waals surface area contributed by atoms with Crippen LogP contribution >= 0.6 is 0 Å². The molecule has 0 bridgehead atoms. The van der Waals surface area contributed by atoms with E-state index in [0.29, 0.717) is 0 Å². The molecule has 3 aromatic rings. The summed E-state index contributed by atoms with van der Waals surface area (Å²) in [5, 5.41) is 4.63. The van der Waals surface area contributed by atoms with Gasteiger partial charge in [-0.15, -0.1) is 0 Å². The van der Waals surface area contributed by atoms with Gasteiger partial charge in [0.2, 0.25) is 0 Å². The molecule has 21 heavy (non-hydrogen) atoms. The van der Waals surface area contributed by atoms with E-state index in [1.54, 1.807) is 0 Å². The molecule has 0 atom stereocenters. The fraction of sp³-hybridized carbons (Fsp3) is 0.312. The molecule has 0 saturated heterocycles. The molecule has 0 spiro atoms. The highest BCUT2D eigenvalue weighted by Gasteiger charge is 2.17. The maximum Gasteiger partial charge on any atom is 0.175 e. The van der Waals surface area contributed by atoms with Crippen LogP contribution in [0.5, 0.6) is 0 Å². The molecule has 0 aliphatic rings. The number of aryl methyl sites for hydroxylation is 2. The molecule has 5 nitrogen and oxygen atoms in total. The van der Waals surface area contributed by atoms with Crippen molar-refractivity contribution >= 4 is 16.7 Å². The van der Waals surface area contributed by atoms with Crippen molar-refractivity contribution < 1.29 is 0 Å². The Morgan fingerprint density at radius 2 is 1.71 bits per heavy atom. The van der Waals surface area contributed by atoms with Crippen LogP contribution < -0.4 is 5.73 Å². The number of rotatable bonds is 3. The number of nitrogens with zero attached hydrogens (tertiary/aromatic N) is 4. The molecule has 0 aliphatic heterocycles. The molecule has 2 aromatic heterocycles. The molecule has 2 heterocycles. The molecule has 0 unspecified atom stereocenters. The first kappa shape index (κ1) is 13.5. The normalized spacial score (nSPS) is 11.2. The molecule has 2 N–H and O–H groups in total. The van der Waals surface area contributed by atoms with Crippen LogP contribution in [0.2, 0.25) is 0 Å². The van der Waals surface area contributed by atoms with Crippen LogP contribution in [0.4, 0.5) is 5.69 Å². The van der Waals surface area contributed by atoms with Crippen molar-refractivity contribution in [1.82, 2.24) is 19.7 Å². The van der Waals surface area contributed by atoms with E-state index in [2.05, 4.69) is 23.9 Å². The molecule has 1 aromatic carbocycles. The van der Waals surface area contributed by atoms with Gasteiger partial charge < -0.3 is 5.73 Å². The molecule has 3 rings (SSSR count). The lowest BCUT2D eigenvalue weighted by atomic mass is 10.2. The molecule has 0 amide bonds. The molecule has 5 heteroatoms. The zero-order chi connectivity index (χ0) is 15.0. The summed E-state index contributed by atoms with van der Waals surface area (Å²) >= 11 is 0. The van der Waals surface area contributed by atoms with Crippen molar-refractivity contribution in [3.63, 3.8) is 0 Å². The number of nitrogen functional groups attached to an aromatic ring is 1. The van der Waals surface area contributed by atoms with Gasteiger partial charge >= 0.3 is 0 Å². The predicted octanol–water partition coefficient (Wildman–Crippen LogP) is 2.83. The lowest BCUT2D eigenvalue weighted by molar-refractivity contribution is 0.764. The van der Waals surface area contributed by atoms with Gasteiger partial charge in [-0.25, -0.2) is 14.6 Å². The summed E-state index contributed by atoms with van der Waals surface area (Å²) in [4.78, 5) is 9.35. The third-order valence-corrected chi connectivity index (χ3v) is 3.69. The Kier molecular flexibility index (Phi) is 3.33. The highest BCUT2D eigenvalue weighted by molar-refractivity contribution is 5.75. The molecular formula is C16H19N5. The Morgan fingerprint density at radius 1 is 1.05 bits per heavy atom. The van der Waals surface area contributed by atoms with Crippen LogP contribution in [-0.4, -0.2) is 19.7 Å². The van der Waals surface area contributed by atoms with Crippen molar-refractivity contribution in [2.75, 3.05) is 5.73 Å². The first-order valence-corrected chi connectivity index (χ1v) is 7.25. The Labute approximate surface area is 123 Å². The van der Waals surface area contributed by atoms with Crippen LogP contribution in [0, 0.1) is 6.92 Å². The van der Waals surface area contributed by atoms with Crippen LogP contribution in [0.1, 0.15) is 30.9 Å². The molecule has 0 aliphatic carbocycles. The lowest BCUT2D eigenvalue weighted by Crippen LogP contribution is -2.08. The Hall–Kier alpha value is -2.43. The molecule has 108 valence electrons. The number of nitrogens with two attached hydrogens (primary N) is 1. The van der Waals surface area contributed by atoms with Crippen molar-refractivity contribution in [1.29, 1.82) is 0 Å². The van der Waals surface area contributed by atoms with Gasteiger partial charge in [0.05, 0.1) is 33.8 Å². The molecule has 0 fully saturated rings. The van der Waals surface area contributed by atoms with Gasteiger partial charge in [-0.05, 0) is 31.9 Å². The third-order valence-electron chi connectivity index (χ3n) is 3.69. The summed E-state index contributed by atoms with van der Waals surface area (Å²) in [5.41, 5.74) is 11.5. The second-order valence-corrected chi connectivity index (χ2v) is 5.05. The highest BCUT2D eigenvalue weighted by Crippen LogP contribution is 2.23. The van der Waals surface area contributed by atoms with Crippen LogP contribution in [0.15, 0.2) is 24.3 Å². The number of aromatic nitrogens is 4. The topological polar surface area (TPSA) is 69.6 Å². The van der Waals surface area contributed by atoms with Crippen molar-refractivity contribution in [2.45, 2.75) is 33.6 Å². The fourth-order valence-electron chi connectivity index (χ4n) is 2.57. The number of hydrogen-bond donors (Lipinski definition) is 1. The van der Waals surface area contributed by atoms with Gasteiger partial charge in [-0.3, -0.25) is 0 Å². The van der Waals surface area contributed by atoms with E-state index in [0.717, 1.165) is 52.5 Å². The van der Waals surface area contributed by atoms with E-state index in [1.807, 2.05) is 35.9 Å². The fourth-order valence-corrected chi connectivity index (χ4v) is 2.57. The average molecular weight is 281 g/mol. The van der Waals surface area contributed by atoms with E-state index < -0.39 is 0 Å². The monoisotopic (exact) mass is 281 g/mol. The van der Waals surface area contributed by atoms with Crippen molar-refractivity contribution in [2.24, 2.45) is 0 Å². The van der Waals surface area contributed by atoms with E-state index in [-0.39, 0.29) is 0 Å². The van der Waals surface area contributed by atoms with Crippen LogP contribution in [-0.2, 0) is 12.8 Å². The quantitative estimate of drug-likeness (QED) is 0.801. The average Bonchev–Trinajstić information content (AvgIpc) is 2.82. The largest absolute Gasteiger partial charge is 0.396 e. The number of para-hydroxylation sites is 2. The minimum Gasteiger partial charge on any atom is -0.396 e. The predicted molar refractivity (Wildman–Crippen MR) is 84.6 cm³/mol. The van der Waals surface area contributed by atoms with E-state index in [9.17, 15) is 0 Å². The number of hydrogen-bond acceptors (Lipinski definition) is 4. The zero-order valence-corrected chi connectivity index (χ0v) is 12.6. The standard InChI is InChI=1S/C16H19N5/c1-4-11-15(17)14(5-2)21(20-11)16-10(3)18-12-8-6-7-9-13(12)19-16/h6-9H,4-5,17H2,1-3H3. The SMILES string of the molecule is CCc1nn(-c2nc3ccccc3nc2C)c(CC)c1N. The van der Waals surface area contributed by atoms with Crippen molar-refractivity contribution in [3.8, 4) is 5.82 Å². The zero-order valence-electron chi connectivity index (χ0n) is 12.6. The summed E-state index contributed by atoms with van der Waals surface area (Å²) in [7, 11) is 0. The van der Waals surface area contributed by atoms with Gasteiger partial charge in [0, 0.05) is 0 Å². The summed E-state index contributed by atoms with van der Waals surface area (Å²) in [5.74, 6) is 0.761. The van der Waals surface area contributed by atoms with Gasteiger partial charge in [0.15, 0.2) is 5.82 Å². The summed E-state index contributed by atoms with van der Waals surface area (Å²) < 4.78 is 1.85. The Morgan fingerprint density at radius 3 is 2.33 bits per heavy atom. The van der Waals surface area contributed by atoms with Gasteiger partial charge in [0.25, 0.3) is 0 Å². The first-order valence-electron chi connectivity index (χ1n) is 7.25. The smallest absolute Gasteiger partial charge is 0.175 e. The second-order valence-electron chi connectivity index (χ2n) is 5.05. The maximum absolute atomic E-state index is 6.19. The van der Waals surface area contributed by atoms with E-state index >= 15 is 0 Å². The highest BCUT2D eigenvalue weighted by atomic mass is 15.3. The number of fused-ring (bicyclic) bond motifs is 1. The van der Waals surface area contributed by atoms with Crippen LogP contribution in [0.3, 0.4) is 0 Å². The van der Waals surface area contributed by atoms with E-state index in [1.165, 1.54) is 0 Å². The first-order chi connectivity index (χ1) is 10.2. The van der Waals surface area contributed by atoms with Crippen LogP contribution in [0.25, 0.3) is 16.9 Å². The summed E-state index contributed by atoms with van der Waals surface area (Å²) in [6.45, 7) is 6.09. The third kappa shape index (κ3) is 2.14. The van der Waals surface area contributed by atoms with Gasteiger partial charge in [0.1, 0.15) is 0 Å². The summed E-state index contributed by atoms with van der Waals surface area (Å²) in [6, 6.07) is 7.86. The Bertz CT molecular complexity index is 804. The second kappa shape index (κ2) is 5.16. The molecular weight excluding hydrogens is 262 g/mol. The van der Waals surface area contributed by atoms with E-state index in [4.69, 9.17) is 10.7 Å². The van der Waals surface area contributed by atoms with Gasteiger partial charge in [-0.1, -0.05) is 26.0 Å². The number of anilines is 1. The van der Waals surface area contributed by atoms with Gasteiger partial charge in [-0.2, -0.15) is 5.10 Å². The maximum atomic E-state index is 6.19. The molecule has 0 saturated carbocycles. The lowest BCUT2D eigenvalue weighted by Gasteiger charge is -2.09. The summed E-state index contributed by atoms with van der Waals surface area (Å²) in [6.07, 6.45) is 1.62. The number of benzene rings is 1. The molecule has 0 radical (unpaired) electrons. The Balaban J connectivity index is 2.27. The minimum atomic E-state index is 0.761.